The first-order chi connectivity index (χ1) is 6.60. The molecule has 1 saturated heterocycles. The van der Waals surface area contributed by atoms with Crippen LogP contribution in [0.25, 0.3) is 0 Å². The summed E-state index contributed by atoms with van der Waals surface area (Å²) >= 11 is 0. The molecule has 1 aliphatic heterocycles. The Morgan fingerprint density at radius 1 is 1.57 bits per heavy atom. The van der Waals surface area contributed by atoms with Crippen LogP contribution in [0.1, 0.15) is 13.3 Å². The molecule has 0 aromatic rings. The quantitative estimate of drug-likeness (QED) is 0.641. The molecule has 0 aliphatic carbocycles. The van der Waals surface area contributed by atoms with Crippen molar-refractivity contribution in [2.75, 3.05) is 19.6 Å². The largest absolute Gasteiger partial charge is 0.481 e. The van der Waals surface area contributed by atoms with Gasteiger partial charge >= 0.3 is 5.97 Å². The van der Waals surface area contributed by atoms with E-state index in [-0.39, 0.29) is 17.7 Å². The van der Waals surface area contributed by atoms with Gasteiger partial charge in [0.2, 0.25) is 5.91 Å². The molecule has 1 heterocycles. The Balaban J connectivity index is 2.39. The van der Waals surface area contributed by atoms with Crippen molar-refractivity contribution in [3.05, 3.63) is 0 Å². The molecule has 5 nitrogen and oxygen atoms in total. The van der Waals surface area contributed by atoms with Gasteiger partial charge in [-0.05, 0) is 6.42 Å². The summed E-state index contributed by atoms with van der Waals surface area (Å²) < 4.78 is 0. The SMILES string of the molecule is CCC(CN)C(=O)N1CC(C(=O)O)C1. The Bertz CT molecular complexity index is 232. The van der Waals surface area contributed by atoms with Crippen LogP contribution in [0.4, 0.5) is 0 Å². The van der Waals surface area contributed by atoms with Gasteiger partial charge in [0.05, 0.1) is 11.8 Å². The molecule has 0 aromatic carbocycles. The van der Waals surface area contributed by atoms with Crippen LogP contribution in [0.5, 0.6) is 0 Å². The molecule has 1 atom stereocenters. The van der Waals surface area contributed by atoms with Gasteiger partial charge in [-0.3, -0.25) is 9.59 Å². The van der Waals surface area contributed by atoms with E-state index in [1.807, 2.05) is 6.92 Å². The van der Waals surface area contributed by atoms with Crippen molar-refractivity contribution in [3.63, 3.8) is 0 Å². The van der Waals surface area contributed by atoms with Crippen molar-refractivity contribution in [1.82, 2.24) is 4.90 Å². The van der Waals surface area contributed by atoms with Gasteiger partial charge < -0.3 is 15.7 Å². The summed E-state index contributed by atoms with van der Waals surface area (Å²) in [5.41, 5.74) is 5.43. The van der Waals surface area contributed by atoms with E-state index in [1.54, 1.807) is 4.90 Å². The molecule has 0 saturated carbocycles. The Hall–Kier alpha value is -1.10. The van der Waals surface area contributed by atoms with Crippen molar-refractivity contribution in [2.45, 2.75) is 13.3 Å². The summed E-state index contributed by atoms with van der Waals surface area (Å²) in [6.07, 6.45) is 0.712. The number of hydrogen-bond donors (Lipinski definition) is 2. The molecular weight excluding hydrogens is 184 g/mol. The highest BCUT2D eigenvalue weighted by atomic mass is 16.4. The molecule has 0 spiro atoms. The maximum atomic E-state index is 11.6. The zero-order valence-electron chi connectivity index (χ0n) is 8.27. The molecule has 3 N–H and O–H groups in total. The fraction of sp³-hybridized carbons (Fsp3) is 0.778. The number of likely N-dealkylation sites (tertiary alicyclic amines) is 1. The third-order valence-corrected chi connectivity index (χ3v) is 2.67. The molecule has 0 aromatic heterocycles. The zero-order chi connectivity index (χ0) is 10.7. The van der Waals surface area contributed by atoms with E-state index in [0.717, 1.165) is 0 Å². The van der Waals surface area contributed by atoms with E-state index in [0.29, 0.717) is 26.1 Å². The number of amides is 1. The smallest absolute Gasteiger partial charge is 0.310 e. The number of rotatable bonds is 4. The van der Waals surface area contributed by atoms with E-state index in [4.69, 9.17) is 10.8 Å². The van der Waals surface area contributed by atoms with Crippen molar-refractivity contribution in [2.24, 2.45) is 17.6 Å². The maximum Gasteiger partial charge on any atom is 0.310 e. The van der Waals surface area contributed by atoms with Crippen molar-refractivity contribution < 1.29 is 14.7 Å². The molecule has 1 unspecified atom stereocenters. The predicted molar refractivity (Wildman–Crippen MR) is 50.5 cm³/mol. The molecule has 1 aliphatic rings. The lowest BCUT2D eigenvalue weighted by molar-refractivity contribution is -0.154. The third kappa shape index (κ3) is 2.04. The maximum absolute atomic E-state index is 11.6. The number of carboxylic acid groups (broad SMARTS) is 1. The first-order valence-electron chi connectivity index (χ1n) is 4.81. The first-order valence-corrected chi connectivity index (χ1v) is 4.81. The van der Waals surface area contributed by atoms with Crippen LogP contribution in [0.3, 0.4) is 0 Å². The van der Waals surface area contributed by atoms with Gasteiger partial charge in [-0.25, -0.2) is 0 Å². The summed E-state index contributed by atoms with van der Waals surface area (Å²) in [6.45, 7) is 2.92. The monoisotopic (exact) mass is 200 g/mol. The molecule has 14 heavy (non-hydrogen) atoms. The van der Waals surface area contributed by atoms with Gasteiger partial charge in [0.25, 0.3) is 0 Å². The highest BCUT2D eigenvalue weighted by Crippen LogP contribution is 2.19. The second-order valence-corrected chi connectivity index (χ2v) is 3.62. The Morgan fingerprint density at radius 3 is 2.50 bits per heavy atom. The van der Waals surface area contributed by atoms with Gasteiger partial charge in [0.1, 0.15) is 0 Å². The van der Waals surface area contributed by atoms with Gasteiger partial charge in [0, 0.05) is 19.6 Å². The number of aliphatic carboxylic acids is 1. The van der Waals surface area contributed by atoms with Crippen LogP contribution < -0.4 is 5.73 Å². The molecule has 5 heteroatoms. The second kappa shape index (κ2) is 4.41. The number of nitrogens with two attached hydrogens (primary N) is 1. The Kier molecular flexibility index (Phi) is 3.46. The van der Waals surface area contributed by atoms with Gasteiger partial charge in [-0.2, -0.15) is 0 Å². The van der Waals surface area contributed by atoms with Crippen LogP contribution in [0.2, 0.25) is 0 Å². The van der Waals surface area contributed by atoms with Crippen molar-refractivity contribution in [1.29, 1.82) is 0 Å². The summed E-state index contributed by atoms with van der Waals surface area (Å²) in [6, 6.07) is 0. The Labute approximate surface area is 82.9 Å². The number of nitrogens with zero attached hydrogens (tertiary/aromatic N) is 1. The zero-order valence-corrected chi connectivity index (χ0v) is 8.27. The van der Waals surface area contributed by atoms with Crippen LogP contribution in [-0.2, 0) is 9.59 Å². The highest BCUT2D eigenvalue weighted by Gasteiger charge is 2.37. The number of carboxylic acids is 1. The van der Waals surface area contributed by atoms with Crippen LogP contribution in [0, 0.1) is 11.8 Å². The van der Waals surface area contributed by atoms with Gasteiger partial charge in [-0.1, -0.05) is 6.92 Å². The highest BCUT2D eigenvalue weighted by molar-refractivity contribution is 5.82. The molecule has 0 radical (unpaired) electrons. The summed E-state index contributed by atoms with van der Waals surface area (Å²) in [4.78, 5) is 23.7. The predicted octanol–water partition coefficient (Wildman–Crippen LogP) is -0.486. The van der Waals surface area contributed by atoms with Crippen molar-refractivity contribution in [3.8, 4) is 0 Å². The van der Waals surface area contributed by atoms with E-state index in [1.165, 1.54) is 0 Å². The van der Waals surface area contributed by atoms with E-state index in [2.05, 4.69) is 0 Å². The normalized spacial score (nSPS) is 18.9. The molecule has 1 amide bonds. The fourth-order valence-corrected chi connectivity index (χ4v) is 1.52. The molecule has 0 bridgehead atoms. The van der Waals surface area contributed by atoms with E-state index < -0.39 is 5.97 Å². The average molecular weight is 200 g/mol. The van der Waals surface area contributed by atoms with Crippen LogP contribution >= 0.6 is 0 Å². The lowest BCUT2D eigenvalue weighted by atomic mass is 9.96. The second-order valence-electron chi connectivity index (χ2n) is 3.62. The van der Waals surface area contributed by atoms with E-state index >= 15 is 0 Å². The fourth-order valence-electron chi connectivity index (χ4n) is 1.52. The van der Waals surface area contributed by atoms with Crippen LogP contribution in [-0.4, -0.2) is 41.5 Å². The molecular formula is C9H16N2O3. The summed E-state index contributed by atoms with van der Waals surface area (Å²) in [7, 11) is 0. The molecule has 1 rings (SSSR count). The molecule has 1 fully saturated rings. The van der Waals surface area contributed by atoms with Crippen molar-refractivity contribution >= 4 is 11.9 Å². The third-order valence-electron chi connectivity index (χ3n) is 2.67. The van der Waals surface area contributed by atoms with Crippen LogP contribution in [0.15, 0.2) is 0 Å². The summed E-state index contributed by atoms with van der Waals surface area (Å²) in [5.74, 6) is -1.36. The lowest BCUT2D eigenvalue weighted by Crippen LogP contribution is -2.55. The minimum atomic E-state index is -0.824. The average Bonchev–Trinajstić information content (AvgIpc) is 2.02. The Morgan fingerprint density at radius 2 is 2.14 bits per heavy atom. The minimum absolute atomic E-state index is 0.00694. The minimum Gasteiger partial charge on any atom is -0.481 e. The first kappa shape index (κ1) is 11.0. The number of hydrogen-bond acceptors (Lipinski definition) is 3. The number of carbonyl (C=O) groups excluding carboxylic acids is 1. The van der Waals surface area contributed by atoms with Gasteiger partial charge in [-0.15, -0.1) is 0 Å². The summed E-state index contributed by atoms with van der Waals surface area (Å²) in [5, 5.41) is 8.62. The van der Waals surface area contributed by atoms with Gasteiger partial charge in [0.15, 0.2) is 0 Å². The topological polar surface area (TPSA) is 83.6 Å². The lowest BCUT2D eigenvalue weighted by Gasteiger charge is -2.38. The number of carbonyl (C=O) groups is 2. The molecule has 80 valence electrons. The standard InChI is InChI=1S/C9H16N2O3/c1-2-6(3-10)8(12)11-4-7(5-11)9(13)14/h6-7H,2-5,10H2,1H3,(H,13,14). The van der Waals surface area contributed by atoms with E-state index in [9.17, 15) is 9.59 Å².